The van der Waals surface area contributed by atoms with Crippen molar-refractivity contribution in [3.63, 3.8) is 0 Å². The van der Waals surface area contributed by atoms with E-state index in [0.29, 0.717) is 19.0 Å². The van der Waals surface area contributed by atoms with Gasteiger partial charge in [0.2, 0.25) is 0 Å². The average molecular weight is 401 g/mol. The molecule has 0 spiro atoms. The Bertz CT molecular complexity index is 799. The molecule has 5 nitrogen and oxygen atoms in total. The minimum absolute atomic E-state index is 0.107. The van der Waals surface area contributed by atoms with Crippen molar-refractivity contribution in [2.45, 2.75) is 40.0 Å². The van der Waals surface area contributed by atoms with Gasteiger partial charge in [-0.05, 0) is 75.7 Å². The zero-order valence-corrected chi connectivity index (χ0v) is 17.1. The third kappa shape index (κ3) is 6.19. The lowest BCUT2D eigenvalue weighted by Gasteiger charge is -2.24. The van der Waals surface area contributed by atoms with Crippen LogP contribution in [-0.2, 0) is 16.1 Å². The van der Waals surface area contributed by atoms with Crippen molar-refractivity contribution in [3.05, 3.63) is 59.9 Å². The van der Waals surface area contributed by atoms with Crippen LogP contribution in [0.4, 0.5) is 4.39 Å². The highest BCUT2D eigenvalue weighted by molar-refractivity contribution is 5.75. The Morgan fingerprint density at radius 1 is 1.03 bits per heavy atom. The highest BCUT2D eigenvalue weighted by Gasteiger charge is 2.34. The summed E-state index contributed by atoms with van der Waals surface area (Å²) in [6, 6.07) is 13.6. The van der Waals surface area contributed by atoms with E-state index in [4.69, 9.17) is 14.2 Å². The molecular weight excluding hydrogens is 373 g/mol. The van der Waals surface area contributed by atoms with Crippen LogP contribution in [-0.4, -0.2) is 25.3 Å². The number of carbonyl (C=O) groups is 1. The summed E-state index contributed by atoms with van der Waals surface area (Å²) < 4.78 is 30.1. The Morgan fingerprint density at radius 2 is 1.66 bits per heavy atom. The molecule has 1 aliphatic heterocycles. The molecule has 0 saturated carbocycles. The van der Waals surface area contributed by atoms with E-state index in [9.17, 15) is 9.18 Å². The van der Waals surface area contributed by atoms with E-state index in [-0.39, 0.29) is 23.9 Å². The smallest absolute Gasteiger partial charge is 0.312 e. The van der Waals surface area contributed by atoms with Gasteiger partial charge in [0, 0.05) is 5.92 Å². The molecule has 1 saturated heterocycles. The largest absolute Gasteiger partial charge is 0.493 e. The zero-order valence-electron chi connectivity index (χ0n) is 17.1. The van der Waals surface area contributed by atoms with Gasteiger partial charge in [-0.25, -0.2) is 4.39 Å². The van der Waals surface area contributed by atoms with Crippen LogP contribution in [0.15, 0.2) is 48.5 Å². The number of benzene rings is 2. The van der Waals surface area contributed by atoms with Gasteiger partial charge in [-0.1, -0.05) is 12.1 Å². The summed E-state index contributed by atoms with van der Waals surface area (Å²) in [7, 11) is 0. The Morgan fingerprint density at radius 3 is 2.28 bits per heavy atom. The Hall–Kier alpha value is -2.60. The lowest BCUT2D eigenvalue weighted by Crippen LogP contribution is -2.38. The molecule has 2 aromatic rings. The fourth-order valence-corrected chi connectivity index (χ4v) is 2.91. The monoisotopic (exact) mass is 401 g/mol. The van der Waals surface area contributed by atoms with Gasteiger partial charge < -0.3 is 14.2 Å². The summed E-state index contributed by atoms with van der Waals surface area (Å²) in [4.78, 5) is 12.1. The fourth-order valence-electron chi connectivity index (χ4n) is 2.91. The van der Waals surface area contributed by atoms with Crippen LogP contribution >= 0.6 is 0 Å². The van der Waals surface area contributed by atoms with Crippen molar-refractivity contribution in [1.29, 1.82) is 0 Å². The van der Waals surface area contributed by atoms with Gasteiger partial charge in [0.05, 0.1) is 12.0 Å². The Balaban J connectivity index is 1.47. The van der Waals surface area contributed by atoms with E-state index < -0.39 is 5.41 Å². The normalized spacial score (nSPS) is 19.0. The summed E-state index contributed by atoms with van der Waals surface area (Å²) in [6.07, 6.45) is 0.570. The summed E-state index contributed by atoms with van der Waals surface area (Å²) in [5, 5.41) is 3.22. The first-order valence-electron chi connectivity index (χ1n) is 9.86. The molecule has 0 aliphatic carbocycles. The number of ether oxygens (including phenoxy) is 3. The number of nitrogens with one attached hydrogen (secondary N) is 1. The minimum Gasteiger partial charge on any atom is -0.493 e. The topological polar surface area (TPSA) is 56.8 Å². The number of hydrogen-bond acceptors (Lipinski definition) is 5. The SMILES string of the molecule is CC(C)(C)C(=O)OC1NCC[C@@H]1COc1ccc(OCc2ccc(F)cc2)cc1. The predicted octanol–water partition coefficient (Wildman–Crippen LogP) is 4.31. The van der Waals surface area contributed by atoms with Crippen LogP contribution < -0.4 is 14.8 Å². The van der Waals surface area contributed by atoms with E-state index in [0.717, 1.165) is 24.3 Å². The summed E-state index contributed by atoms with van der Waals surface area (Å²) in [6.45, 7) is 7.16. The molecule has 0 bridgehead atoms. The first kappa shape index (κ1) is 21.1. The fraction of sp³-hybridized carbons (Fsp3) is 0.435. The van der Waals surface area contributed by atoms with E-state index in [1.54, 1.807) is 12.1 Å². The highest BCUT2D eigenvalue weighted by Crippen LogP contribution is 2.24. The lowest BCUT2D eigenvalue weighted by atomic mass is 9.97. The highest BCUT2D eigenvalue weighted by atomic mass is 19.1. The van der Waals surface area contributed by atoms with Crippen molar-refractivity contribution in [2.24, 2.45) is 11.3 Å². The molecule has 1 unspecified atom stereocenters. The van der Waals surface area contributed by atoms with Crippen LogP contribution in [0.1, 0.15) is 32.8 Å². The number of rotatable bonds is 7. The van der Waals surface area contributed by atoms with Crippen LogP contribution in [0, 0.1) is 17.2 Å². The van der Waals surface area contributed by atoms with Crippen LogP contribution in [0.3, 0.4) is 0 Å². The van der Waals surface area contributed by atoms with Crippen LogP contribution in [0.25, 0.3) is 0 Å². The number of halogens is 1. The molecule has 1 fully saturated rings. The number of esters is 1. The zero-order chi connectivity index (χ0) is 20.9. The van der Waals surface area contributed by atoms with Crippen LogP contribution in [0.2, 0.25) is 0 Å². The number of carbonyl (C=O) groups excluding carboxylic acids is 1. The van der Waals surface area contributed by atoms with Gasteiger partial charge in [-0.3, -0.25) is 10.1 Å². The molecule has 1 aliphatic rings. The quantitative estimate of drug-likeness (QED) is 0.701. The van der Waals surface area contributed by atoms with Gasteiger partial charge in [0.1, 0.15) is 23.9 Å². The van der Waals surface area contributed by atoms with Gasteiger partial charge in [-0.2, -0.15) is 0 Å². The second kappa shape index (κ2) is 9.27. The maximum atomic E-state index is 12.9. The van der Waals surface area contributed by atoms with Crippen LogP contribution in [0.5, 0.6) is 11.5 Å². The first-order valence-corrected chi connectivity index (χ1v) is 9.86. The average Bonchev–Trinajstić information content (AvgIpc) is 3.13. The molecule has 2 atom stereocenters. The molecule has 2 aromatic carbocycles. The minimum atomic E-state index is -0.528. The van der Waals surface area contributed by atoms with Crippen molar-refractivity contribution < 1.29 is 23.4 Å². The van der Waals surface area contributed by atoms with Gasteiger partial charge in [-0.15, -0.1) is 0 Å². The molecule has 6 heteroatoms. The summed E-state index contributed by atoms with van der Waals surface area (Å²) >= 11 is 0. The van der Waals surface area contributed by atoms with Gasteiger partial charge >= 0.3 is 5.97 Å². The molecular formula is C23H28FNO4. The van der Waals surface area contributed by atoms with Gasteiger partial charge in [0.15, 0.2) is 6.23 Å². The standard InChI is InChI=1S/C23H28FNO4/c1-23(2,3)22(26)29-21-17(12-13-25-21)15-28-20-10-8-19(9-11-20)27-14-16-4-6-18(24)7-5-16/h4-11,17,21,25H,12-15H2,1-3H3/t17-,21?/m1/s1. The molecule has 29 heavy (non-hydrogen) atoms. The summed E-state index contributed by atoms with van der Waals surface area (Å²) in [5.41, 5.74) is 0.371. The molecule has 1 N–H and O–H groups in total. The van der Waals surface area contributed by atoms with Crippen molar-refractivity contribution in [2.75, 3.05) is 13.2 Å². The Labute approximate surface area is 171 Å². The van der Waals surface area contributed by atoms with E-state index in [1.165, 1.54) is 12.1 Å². The molecule has 0 radical (unpaired) electrons. The first-order chi connectivity index (χ1) is 13.8. The number of hydrogen-bond donors (Lipinski definition) is 1. The third-order valence-corrected chi connectivity index (χ3v) is 4.74. The molecule has 3 rings (SSSR count). The van der Waals surface area contributed by atoms with E-state index in [1.807, 2.05) is 45.0 Å². The molecule has 1 heterocycles. The maximum absolute atomic E-state index is 12.9. The van der Waals surface area contributed by atoms with E-state index >= 15 is 0 Å². The molecule has 0 aromatic heterocycles. The molecule has 156 valence electrons. The van der Waals surface area contributed by atoms with Crippen molar-refractivity contribution in [3.8, 4) is 11.5 Å². The predicted molar refractivity (Wildman–Crippen MR) is 108 cm³/mol. The second-order valence-electron chi connectivity index (χ2n) is 8.28. The van der Waals surface area contributed by atoms with E-state index in [2.05, 4.69) is 5.32 Å². The second-order valence-corrected chi connectivity index (χ2v) is 8.28. The Kier molecular flexibility index (Phi) is 6.75. The lowest BCUT2D eigenvalue weighted by molar-refractivity contribution is -0.162. The van der Waals surface area contributed by atoms with Crippen molar-refractivity contribution >= 4 is 5.97 Å². The maximum Gasteiger partial charge on any atom is 0.312 e. The molecule has 0 amide bonds. The third-order valence-electron chi connectivity index (χ3n) is 4.74. The van der Waals surface area contributed by atoms with Gasteiger partial charge in [0.25, 0.3) is 0 Å². The summed E-state index contributed by atoms with van der Waals surface area (Å²) in [5.74, 6) is 1.07. The van der Waals surface area contributed by atoms with Crippen molar-refractivity contribution in [1.82, 2.24) is 5.32 Å².